The molecule has 0 bridgehead atoms. The van der Waals surface area contributed by atoms with E-state index in [0.29, 0.717) is 13.0 Å². The summed E-state index contributed by atoms with van der Waals surface area (Å²) in [6.45, 7) is 5.08. The Morgan fingerprint density at radius 1 is 1.41 bits per heavy atom. The molecule has 1 amide bonds. The van der Waals surface area contributed by atoms with Gasteiger partial charge in [0.2, 0.25) is 5.91 Å². The smallest absolute Gasteiger partial charge is 0.231 e. The molecule has 0 spiro atoms. The summed E-state index contributed by atoms with van der Waals surface area (Å²) < 4.78 is 0. The van der Waals surface area contributed by atoms with Crippen molar-refractivity contribution >= 4 is 11.6 Å². The predicted molar refractivity (Wildman–Crippen MR) is 70.3 cm³/mol. The van der Waals surface area contributed by atoms with Crippen molar-refractivity contribution < 1.29 is 4.79 Å². The molecule has 17 heavy (non-hydrogen) atoms. The van der Waals surface area contributed by atoms with Gasteiger partial charge >= 0.3 is 0 Å². The monoisotopic (exact) mass is 232 g/mol. The Morgan fingerprint density at radius 2 is 2.12 bits per heavy atom. The molecule has 0 unspecified atom stereocenters. The van der Waals surface area contributed by atoms with Crippen molar-refractivity contribution in [2.45, 2.75) is 32.1 Å². The maximum absolute atomic E-state index is 11.6. The third-order valence-corrected chi connectivity index (χ3v) is 3.71. The Bertz CT molecular complexity index is 452. The van der Waals surface area contributed by atoms with E-state index in [1.54, 1.807) is 4.90 Å². The number of anilines is 1. The standard InChI is InChI=1S/C14H20N2O/c1-14(2,6-7-15)11-4-5-12-10(8-11)9-13(17)16(12)3/h4-5,8H,6-7,9,15H2,1-3H3. The molecule has 1 aliphatic rings. The van der Waals surface area contributed by atoms with Crippen molar-refractivity contribution in [3.8, 4) is 0 Å². The summed E-state index contributed by atoms with van der Waals surface area (Å²) in [5, 5.41) is 0. The Hall–Kier alpha value is -1.35. The van der Waals surface area contributed by atoms with Crippen molar-refractivity contribution in [1.29, 1.82) is 0 Å². The van der Waals surface area contributed by atoms with Crippen LogP contribution in [0.2, 0.25) is 0 Å². The van der Waals surface area contributed by atoms with Crippen LogP contribution in [0.1, 0.15) is 31.4 Å². The van der Waals surface area contributed by atoms with Crippen molar-refractivity contribution in [2.24, 2.45) is 5.73 Å². The molecule has 2 N–H and O–H groups in total. The molecule has 0 saturated heterocycles. The SMILES string of the molecule is CN1C(=O)Cc2cc(C(C)(C)CCN)ccc21. The van der Waals surface area contributed by atoms with Crippen LogP contribution in [0.5, 0.6) is 0 Å². The van der Waals surface area contributed by atoms with Crippen LogP contribution < -0.4 is 10.6 Å². The van der Waals surface area contributed by atoms with E-state index in [-0.39, 0.29) is 11.3 Å². The third kappa shape index (κ3) is 2.07. The van der Waals surface area contributed by atoms with Crippen LogP contribution >= 0.6 is 0 Å². The van der Waals surface area contributed by atoms with E-state index in [2.05, 4.69) is 26.0 Å². The quantitative estimate of drug-likeness (QED) is 0.864. The summed E-state index contributed by atoms with van der Waals surface area (Å²) in [6.07, 6.45) is 1.48. The van der Waals surface area contributed by atoms with Gasteiger partial charge in [-0.05, 0) is 35.6 Å². The van der Waals surface area contributed by atoms with Gasteiger partial charge in [0.25, 0.3) is 0 Å². The number of hydrogen-bond acceptors (Lipinski definition) is 2. The van der Waals surface area contributed by atoms with Crippen LogP contribution in [0.15, 0.2) is 18.2 Å². The fourth-order valence-corrected chi connectivity index (χ4v) is 2.40. The minimum atomic E-state index is 0.0774. The molecule has 0 radical (unpaired) electrons. The van der Waals surface area contributed by atoms with Gasteiger partial charge in [0.15, 0.2) is 0 Å². The highest BCUT2D eigenvalue weighted by molar-refractivity contribution is 6.00. The lowest BCUT2D eigenvalue weighted by molar-refractivity contribution is -0.117. The number of nitrogens with two attached hydrogens (primary N) is 1. The molecule has 3 heteroatoms. The van der Waals surface area contributed by atoms with E-state index in [9.17, 15) is 4.79 Å². The Balaban J connectivity index is 2.36. The number of nitrogens with zero attached hydrogens (tertiary/aromatic N) is 1. The van der Waals surface area contributed by atoms with E-state index >= 15 is 0 Å². The molecule has 0 aliphatic carbocycles. The number of carbonyl (C=O) groups is 1. The van der Waals surface area contributed by atoms with Crippen LogP contribution in [0, 0.1) is 0 Å². The van der Waals surface area contributed by atoms with Crippen molar-refractivity contribution in [3.05, 3.63) is 29.3 Å². The normalized spacial score (nSPS) is 15.3. The highest BCUT2D eigenvalue weighted by atomic mass is 16.2. The molecule has 0 atom stereocenters. The number of fused-ring (bicyclic) bond motifs is 1. The first-order valence-electron chi connectivity index (χ1n) is 6.06. The Labute approximate surface area is 103 Å². The number of benzene rings is 1. The van der Waals surface area contributed by atoms with Gasteiger partial charge in [0.05, 0.1) is 6.42 Å². The first-order chi connectivity index (χ1) is 7.95. The molecule has 1 aromatic carbocycles. The number of carbonyl (C=O) groups excluding carboxylic acids is 1. The summed E-state index contributed by atoms with van der Waals surface area (Å²) >= 11 is 0. The Morgan fingerprint density at radius 3 is 2.76 bits per heavy atom. The molecule has 0 saturated carbocycles. The minimum absolute atomic E-state index is 0.0774. The van der Waals surface area contributed by atoms with E-state index in [1.807, 2.05) is 13.1 Å². The second-order valence-electron chi connectivity index (χ2n) is 5.40. The first kappa shape index (κ1) is 12.1. The van der Waals surface area contributed by atoms with Gasteiger partial charge in [0, 0.05) is 12.7 Å². The highest BCUT2D eigenvalue weighted by Crippen LogP contribution is 2.33. The number of rotatable bonds is 3. The zero-order valence-electron chi connectivity index (χ0n) is 10.8. The van der Waals surface area contributed by atoms with Gasteiger partial charge in [-0.25, -0.2) is 0 Å². The number of likely N-dealkylation sites (N-methyl/N-ethyl adjacent to an activating group) is 1. The Kier molecular flexibility index (Phi) is 2.96. The van der Waals surface area contributed by atoms with Gasteiger partial charge < -0.3 is 10.6 Å². The molecule has 1 heterocycles. The number of hydrogen-bond donors (Lipinski definition) is 1. The lowest BCUT2D eigenvalue weighted by Gasteiger charge is -2.25. The third-order valence-electron chi connectivity index (χ3n) is 3.71. The largest absolute Gasteiger partial charge is 0.330 e. The fraction of sp³-hybridized carbons (Fsp3) is 0.500. The topological polar surface area (TPSA) is 46.3 Å². The van der Waals surface area contributed by atoms with Gasteiger partial charge in [-0.15, -0.1) is 0 Å². The first-order valence-corrected chi connectivity index (χ1v) is 6.06. The fourth-order valence-electron chi connectivity index (χ4n) is 2.40. The van der Waals surface area contributed by atoms with Crippen molar-refractivity contribution in [2.75, 3.05) is 18.5 Å². The van der Waals surface area contributed by atoms with E-state index < -0.39 is 0 Å². The molecule has 0 fully saturated rings. The van der Waals surface area contributed by atoms with E-state index in [4.69, 9.17) is 5.73 Å². The van der Waals surface area contributed by atoms with Gasteiger partial charge in [0.1, 0.15) is 0 Å². The summed E-state index contributed by atoms with van der Waals surface area (Å²) in [5.74, 6) is 0.175. The van der Waals surface area contributed by atoms with E-state index in [0.717, 1.165) is 17.7 Å². The summed E-state index contributed by atoms with van der Waals surface area (Å²) in [7, 11) is 1.83. The van der Waals surface area contributed by atoms with Gasteiger partial charge in [-0.1, -0.05) is 26.0 Å². The zero-order chi connectivity index (χ0) is 12.6. The average Bonchev–Trinajstić information content (AvgIpc) is 2.54. The highest BCUT2D eigenvalue weighted by Gasteiger charge is 2.27. The summed E-state index contributed by atoms with van der Waals surface area (Å²) in [4.78, 5) is 13.4. The lowest BCUT2D eigenvalue weighted by Crippen LogP contribution is -2.22. The van der Waals surface area contributed by atoms with Crippen LogP contribution in [0.3, 0.4) is 0 Å². The predicted octanol–water partition coefficient (Wildman–Crippen LogP) is 1.83. The van der Waals surface area contributed by atoms with Crippen LogP contribution in [-0.2, 0) is 16.6 Å². The zero-order valence-corrected chi connectivity index (χ0v) is 10.8. The van der Waals surface area contributed by atoms with Crippen molar-refractivity contribution in [1.82, 2.24) is 0 Å². The van der Waals surface area contributed by atoms with Crippen LogP contribution in [-0.4, -0.2) is 19.5 Å². The van der Waals surface area contributed by atoms with Gasteiger partial charge in [-0.3, -0.25) is 4.79 Å². The molecule has 0 aromatic heterocycles. The van der Waals surface area contributed by atoms with Crippen molar-refractivity contribution in [3.63, 3.8) is 0 Å². The molecule has 1 aromatic rings. The molecule has 1 aliphatic heterocycles. The molecule has 3 nitrogen and oxygen atoms in total. The van der Waals surface area contributed by atoms with Gasteiger partial charge in [-0.2, -0.15) is 0 Å². The maximum Gasteiger partial charge on any atom is 0.231 e. The number of amides is 1. The van der Waals surface area contributed by atoms with Crippen LogP contribution in [0.25, 0.3) is 0 Å². The molecular formula is C14H20N2O. The van der Waals surface area contributed by atoms with Crippen LogP contribution in [0.4, 0.5) is 5.69 Å². The van der Waals surface area contributed by atoms with E-state index in [1.165, 1.54) is 5.56 Å². The summed E-state index contributed by atoms with van der Waals surface area (Å²) in [6, 6.07) is 6.32. The average molecular weight is 232 g/mol. The maximum atomic E-state index is 11.6. The molecular weight excluding hydrogens is 212 g/mol. The minimum Gasteiger partial charge on any atom is -0.330 e. The second-order valence-corrected chi connectivity index (χ2v) is 5.40. The molecule has 92 valence electrons. The lowest BCUT2D eigenvalue weighted by atomic mass is 9.81. The second kappa shape index (κ2) is 4.15. The summed E-state index contributed by atoms with van der Waals surface area (Å²) in [5.41, 5.74) is 9.18. The molecule has 2 rings (SSSR count).